The molecule has 2 aromatic heterocycles. The molecule has 0 spiro atoms. The first kappa shape index (κ1) is 13.6. The predicted molar refractivity (Wildman–Crippen MR) is 68.2 cm³/mol. The van der Waals surface area contributed by atoms with Crippen molar-refractivity contribution in [3.05, 3.63) is 34.5 Å². The van der Waals surface area contributed by atoms with Crippen LogP contribution in [0.4, 0.5) is 13.2 Å². The van der Waals surface area contributed by atoms with Gasteiger partial charge < -0.3 is 5.73 Å². The molecule has 0 saturated heterocycles. The highest BCUT2D eigenvalue weighted by Crippen LogP contribution is 2.41. The zero-order chi connectivity index (χ0) is 15.5. The Morgan fingerprint density at radius 1 is 1.38 bits per heavy atom. The van der Waals surface area contributed by atoms with Crippen molar-refractivity contribution in [2.24, 2.45) is 5.73 Å². The van der Waals surface area contributed by atoms with Crippen LogP contribution in [-0.2, 0) is 17.4 Å². The van der Waals surface area contributed by atoms with Crippen molar-refractivity contribution in [2.75, 3.05) is 0 Å². The zero-order valence-electron chi connectivity index (χ0n) is 11.2. The lowest BCUT2D eigenvalue weighted by Gasteiger charge is -2.14. The summed E-state index contributed by atoms with van der Waals surface area (Å²) < 4.78 is 41.4. The minimum atomic E-state index is -4.67. The molecule has 2 aromatic rings. The number of amides is 1. The zero-order valence-corrected chi connectivity index (χ0v) is 11.2. The van der Waals surface area contributed by atoms with Gasteiger partial charge in [-0.1, -0.05) is 5.57 Å². The Balaban J connectivity index is 2.46. The number of alkyl halides is 3. The Morgan fingerprint density at radius 3 is 2.62 bits per heavy atom. The standard InChI is InChI=1S/C13H11F3N4O/c1-5-3-7-9(8(5)11(17)21)10(13(14,15)16)19-12-6(2)18-4-20(7)12/h4H,3H2,1-2H3,(H2,17,21). The summed E-state index contributed by atoms with van der Waals surface area (Å²) in [5.74, 6) is -0.880. The molecular formula is C13H11F3N4O. The summed E-state index contributed by atoms with van der Waals surface area (Å²) in [6.07, 6.45) is -3.05. The maximum atomic E-state index is 13.3. The summed E-state index contributed by atoms with van der Waals surface area (Å²) in [4.78, 5) is 19.2. The topological polar surface area (TPSA) is 73.3 Å². The molecule has 0 radical (unpaired) electrons. The van der Waals surface area contributed by atoms with Crippen molar-refractivity contribution >= 4 is 17.1 Å². The van der Waals surface area contributed by atoms with E-state index in [1.807, 2.05) is 0 Å². The van der Waals surface area contributed by atoms with E-state index in [-0.39, 0.29) is 23.2 Å². The monoisotopic (exact) mass is 296 g/mol. The smallest absolute Gasteiger partial charge is 0.366 e. The molecule has 2 N–H and O–H groups in total. The molecule has 1 amide bonds. The van der Waals surface area contributed by atoms with E-state index in [0.29, 0.717) is 17.0 Å². The second-order valence-electron chi connectivity index (χ2n) is 5.00. The molecular weight excluding hydrogens is 285 g/mol. The molecule has 110 valence electrons. The number of imidazole rings is 1. The van der Waals surface area contributed by atoms with Gasteiger partial charge in [0.15, 0.2) is 11.3 Å². The van der Waals surface area contributed by atoms with Crippen molar-refractivity contribution in [3.63, 3.8) is 0 Å². The number of rotatable bonds is 1. The molecule has 8 heteroatoms. The first-order chi connectivity index (χ1) is 9.71. The van der Waals surface area contributed by atoms with Crippen LogP contribution in [0.5, 0.6) is 0 Å². The van der Waals surface area contributed by atoms with Crippen LogP contribution < -0.4 is 5.73 Å². The lowest BCUT2D eigenvalue weighted by Crippen LogP contribution is -2.19. The first-order valence-electron chi connectivity index (χ1n) is 6.15. The number of aryl methyl sites for hydroxylation is 1. The van der Waals surface area contributed by atoms with Crippen LogP contribution in [0, 0.1) is 6.92 Å². The third-order valence-corrected chi connectivity index (χ3v) is 3.58. The summed E-state index contributed by atoms with van der Waals surface area (Å²) in [5, 5.41) is 0. The Bertz CT molecular complexity index is 817. The van der Waals surface area contributed by atoms with E-state index in [0.717, 1.165) is 0 Å². The van der Waals surface area contributed by atoms with Crippen LogP contribution in [0.15, 0.2) is 11.9 Å². The third kappa shape index (κ3) is 1.82. The van der Waals surface area contributed by atoms with Crippen LogP contribution in [0.1, 0.15) is 29.6 Å². The molecule has 1 aliphatic rings. The van der Waals surface area contributed by atoms with Gasteiger partial charge in [0.2, 0.25) is 5.91 Å². The fourth-order valence-electron chi connectivity index (χ4n) is 2.71. The van der Waals surface area contributed by atoms with Gasteiger partial charge in [-0.05, 0) is 13.8 Å². The number of hydrogen-bond donors (Lipinski definition) is 1. The number of carbonyl (C=O) groups excluding carboxylic acids is 1. The highest BCUT2D eigenvalue weighted by Gasteiger charge is 2.41. The number of allylic oxidation sites excluding steroid dienone is 1. The summed E-state index contributed by atoms with van der Waals surface area (Å²) in [6, 6.07) is 0. The number of fused-ring (bicyclic) bond motifs is 3. The lowest BCUT2D eigenvalue weighted by atomic mass is 10.0. The maximum Gasteiger partial charge on any atom is 0.434 e. The van der Waals surface area contributed by atoms with Gasteiger partial charge in [-0.25, -0.2) is 9.97 Å². The number of nitrogens with zero attached hydrogens (tertiary/aromatic N) is 3. The molecule has 0 saturated carbocycles. The van der Waals surface area contributed by atoms with Gasteiger partial charge in [-0.2, -0.15) is 13.2 Å². The van der Waals surface area contributed by atoms with Gasteiger partial charge in [0, 0.05) is 23.3 Å². The van der Waals surface area contributed by atoms with E-state index in [2.05, 4.69) is 9.97 Å². The van der Waals surface area contributed by atoms with Gasteiger partial charge in [-0.15, -0.1) is 0 Å². The van der Waals surface area contributed by atoms with Gasteiger partial charge >= 0.3 is 6.18 Å². The number of aromatic nitrogens is 3. The molecule has 0 unspecified atom stereocenters. The average molecular weight is 296 g/mol. The van der Waals surface area contributed by atoms with Crippen LogP contribution in [0.3, 0.4) is 0 Å². The Kier molecular flexibility index (Phi) is 2.63. The average Bonchev–Trinajstić information content (AvgIpc) is 2.87. The molecule has 5 nitrogen and oxygen atoms in total. The van der Waals surface area contributed by atoms with Crippen molar-refractivity contribution in [3.8, 4) is 0 Å². The van der Waals surface area contributed by atoms with E-state index in [1.54, 1.807) is 13.8 Å². The lowest BCUT2D eigenvalue weighted by molar-refractivity contribution is -0.141. The second kappa shape index (κ2) is 4.06. The highest BCUT2D eigenvalue weighted by atomic mass is 19.4. The molecule has 0 atom stereocenters. The Morgan fingerprint density at radius 2 is 2.05 bits per heavy atom. The van der Waals surface area contributed by atoms with E-state index < -0.39 is 17.8 Å². The normalized spacial score (nSPS) is 14.9. The van der Waals surface area contributed by atoms with Crippen LogP contribution in [0.25, 0.3) is 11.2 Å². The molecule has 21 heavy (non-hydrogen) atoms. The largest absolute Gasteiger partial charge is 0.434 e. The molecule has 3 rings (SSSR count). The Labute approximate surface area is 117 Å². The maximum absolute atomic E-state index is 13.3. The number of hydrogen-bond acceptors (Lipinski definition) is 3. The highest BCUT2D eigenvalue weighted by molar-refractivity contribution is 6.21. The molecule has 0 aliphatic heterocycles. The summed E-state index contributed by atoms with van der Waals surface area (Å²) in [6.45, 7) is 3.18. The molecule has 0 bridgehead atoms. The van der Waals surface area contributed by atoms with Gasteiger partial charge in [0.25, 0.3) is 0 Å². The SMILES string of the molecule is CC1=C(C(N)=O)c2c(C(F)(F)F)nc3c(C)ncn3c2C1. The van der Waals surface area contributed by atoms with E-state index >= 15 is 0 Å². The molecule has 0 aromatic carbocycles. The number of halogens is 3. The minimum absolute atomic E-state index is 0.0990. The fraction of sp³-hybridized carbons (Fsp3) is 0.308. The third-order valence-electron chi connectivity index (χ3n) is 3.58. The fourth-order valence-corrected chi connectivity index (χ4v) is 2.71. The van der Waals surface area contributed by atoms with E-state index in [9.17, 15) is 18.0 Å². The van der Waals surface area contributed by atoms with E-state index in [4.69, 9.17) is 5.73 Å². The number of nitrogens with two attached hydrogens (primary N) is 1. The molecule has 1 aliphatic carbocycles. The predicted octanol–water partition coefficient (Wildman–Crippen LogP) is 1.87. The summed E-state index contributed by atoms with van der Waals surface area (Å²) in [7, 11) is 0. The van der Waals surface area contributed by atoms with Crippen LogP contribution >= 0.6 is 0 Å². The van der Waals surface area contributed by atoms with Crippen LogP contribution in [-0.4, -0.2) is 20.3 Å². The molecule has 0 fully saturated rings. The van der Waals surface area contributed by atoms with E-state index in [1.165, 1.54) is 10.7 Å². The molecule has 2 heterocycles. The number of primary amides is 1. The number of carbonyl (C=O) groups is 1. The first-order valence-corrected chi connectivity index (χ1v) is 6.15. The van der Waals surface area contributed by atoms with Crippen molar-refractivity contribution in [1.82, 2.24) is 14.4 Å². The van der Waals surface area contributed by atoms with Crippen molar-refractivity contribution in [2.45, 2.75) is 26.4 Å². The van der Waals surface area contributed by atoms with Crippen molar-refractivity contribution < 1.29 is 18.0 Å². The summed E-state index contributed by atoms with van der Waals surface area (Å²) >= 11 is 0. The minimum Gasteiger partial charge on any atom is -0.366 e. The summed E-state index contributed by atoms with van der Waals surface area (Å²) in [5.41, 5.74) is 5.23. The quantitative estimate of drug-likeness (QED) is 0.873. The van der Waals surface area contributed by atoms with Crippen molar-refractivity contribution in [1.29, 1.82) is 0 Å². The Hall–Kier alpha value is -2.38. The van der Waals surface area contributed by atoms with Gasteiger partial charge in [0.1, 0.15) is 6.33 Å². The van der Waals surface area contributed by atoms with Gasteiger partial charge in [-0.3, -0.25) is 9.20 Å². The second-order valence-corrected chi connectivity index (χ2v) is 5.00. The van der Waals surface area contributed by atoms with Crippen LogP contribution in [0.2, 0.25) is 0 Å². The van der Waals surface area contributed by atoms with Gasteiger partial charge in [0.05, 0.1) is 5.69 Å².